The van der Waals surface area contributed by atoms with E-state index in [9.17, 15) is 13.2 Å². The van der Waals surface area contributed by atoms with Crippen LogP contribution >= 0.6 is 15.9 Å². The quantitative estimate of drug-likeness (QED) is 0.691. The number of carbonyl (C=O) groups is 1. The number of ether oxygens (including phenoxy) is 1. The Hall–Kier alpha value is -1.90. The Morgan fingerprint density at radius 1 is 1.15 bits per heavy atom. The standard InChI is InChI=1S/C19H23BrN2O4S/c1-5-26-16-6-8-17(9-7-16)27(24,25)22(4)12-18(23)21-19-13(2)10-15(20)11-14(19)3/h6-11H,5,12H2,1-4H3,(H,21,23). The molecule has 1 N–H and O–H groups in total. The van der Waals surface area contributed by atoms with E-state index in [1.165, 1.54) is 19.2 Å². The SMILES string of the molecule is CCOc1ccc(S(=O)(=O)N(C)CC(=O)Nc2c(C)cc(Br)cc2C)cc1. The number of aryl methyl sites for hydroxylation is 2. The molecule has 146 valence electrons. The second kappa shape index (κ2) is 8.86. The van der Waals surface area contributed by atoms with Crippen LogP contribution in [0.1, 0.15) is 18.1 Å². The number of hydrogen-bond acceptors (Lipinski definition) is 4. The second-order valence-electron chi connectivity index (χ2n) is 6.13. The maximum atomic E-state index is 12.7. The number of likely N-dealkylation sites (N-methyl/N-ethyl adjacent to an activating group) is 1. The van der Waals surface area contributed by atoms with E-state index in [2.05, 4.69) is 21.2 Å². The van der Waals surface area contributed by atoms with E-state index in [0.29, 0.717) is 18.0 Å². The van der Waals surface area contributed by atoms with E-state index in [1.54, 1.807) is 12.1 Å². The average Bonchev–Trinajstić information content (AvgIpc) is 2.58. The summed E-state index contributed by atoms with van der Waals surface area (Å²) in [4.78, 5) is 12.5. The van der Waals surface area contributed by atoms with Gasteiger partial charge in [-0.25, -0.2) is 8.42 Å². The van der Waals surface area contributed by atoms with Crippen LogP contribution in [0, 0.1) is 13.8 Å². The summed E-state index contributed by atoms with van der Waals surface area (Å²) in [6.07, 6.45) is 0. The number of rotatable bonds is 7. The van der Waals surface area contributed by atoms with Crippen LogP contribution in [0.5, 0.6) is 5.75 Å². The first kappa shape index (κ1) is 21.4. The van der Waals surface area contributed by atoms with Crippen molar-refractivity contribution in [2.75, 3.05) is 25.5 Å². The molecule has 8 heteroatoms. The minimum absolute atomic E-state index is 0.109. The van der Waals surface area contributed by atoms with Crippen LogP contribution in [-0.4, -0.2) is 38.8 Å². The number of hydrogen-bond donors (Lipinski definition) is 1. The molecule has 0 spiro atoms. The zero-order valence-corrected chi connectivity index (χ0v) is 18.1. The number of sulfonamides is 1. The zero-order chi connectivity index (χ0) is 20.2. The molecule has 6 nitrogen and oxygen atoms in total. The van der Waals surface area contributed by atoms with Crippen LogP contribution in [-0.2, 0) is 14.8 Å². The topological polar surface area (TPSA) is 75.7 Å². The third-order valence-electron chi connectivity index (χ3n) is 3.97. The van der Waals surface area contributed by atoms with E-state index in [4.69, 9.17) is 4.74 Å². The number of nitrogens with zero attached hydrogens (tertiary/aromatic N) is 1. The summed E-state index contributed by atoms with van der Waals surface area (Å²) < 4.78 is 32.6. The van der Waals surface area contributed by atoms with Gasteiger partial charge in [-0.3, -0.25) is 4.79 Å². The molecule has 0 aromatic heterocycles. The number of nitrogens with one attached hydrogen (secondary N) is 1. The smallest absolute Gasteiger partial charge is 0.243 e. The first-order chi connectivity index (χ1) is 12.6. The largest absolute Gasteiger partial charge is 0.494 e. The third-order valence-corrected chi connectivity index (χ3v) is 6.25. The summed E-state index contributed by atoms with van der Waals surface area (Å²) in [6.45, 7) is 5.83. The molecular formula is C19H23BrN2O4S. The third kappa shape index (κ3) is 5.31. The van der Waals surface area contributed by atoms with Crippen molar-refractivity contribution in [2.24, 2.45) is 0 Å². The van der Waals surface area contributed by atoms with Gasteiger partial charge in [0.15, 0.2) is 0 Å². The average molecular weight is 455 g/mol. The highest BCUT2D eigenvalue weighted by atomic mass is 79.9. The van der Waals surface area contributed by atoms with E-state index >= 15 is 0 Å². The Kier molecular flexibility index (Phi) is 7.02. The zero-order valence-electron chi connectivity index (χ0n) is 15.7. The van der Waals surface area contributed by atoms with E-state index in [-0.39, 0.29) is 11.4 Å². The van der Waals surface area contributed by atoms with Gasteiger partial charge in [0.25, 0.3) is 0 Å². The van der Waals surface area contributed by atoms with Crippen molar-refractivity contribution < 1.29 is 17.9 Å². The first-order valence-corrected chi connectivity index (χ1v) is 10.6. The summed E-state index contributed by atoms with van der Waals surface area (Å²) >= 11 is 3.41. The maximum Gasteiger partial charge on any atom is 0.243 e. The monoisotopic (exact) mass is 454 g/mol. The fourth-order valence-corrected chi connectivity index (χ4v) is 4.44. The highest BCUT2D eigenvalue weighted by Crippen LogP contribution is 2.25. The molecule has 27 heavy (non-hydrogen) atoms. The van der Waals surface area contributed by atoms with Gasteiger partial charge in [-0.1, -0.05) is 15.9 Å². The molecule has 0 aliphatic carbocycles. The van der Waals surface area contributed by atoms with Gasteiger partial charge in [-0.05, 0) is 68.3 Å². The first-order valence-electron chi connectivity index (χ1n) is 8.41. The molecule has 0 heterocycles. The molecular weight excluding hydrogens is 432 g/mol. The Bertz CT molecular complexity index is 904. The van der Waals surface area contributed by atoms with E-state index in [1.807, 2.05) is 32.9 Å². The van der Waals surface area contributed by atoms with Crippen molar-refractivity contribution >= 4 is 37.5 Å². The molecule has 0 aliphatic rings. The molecule has 0 aliphatic heterocycles. The summed E-state index contributed by atoms with van der Waals surface area (Å²) in [5.41, 5.74) is 2.48. The lowest BCUT2D eigenvalue weighted by atomic mass is 10.1. The lowest BCUT2D eigenvalue weighted by molar-refractivity contribution is -0.116. The number of anilines is 1. The molecule has 0 fully saturated rings. The Balaban J connectivity index is 2.11. The predicted molar refractivity (Wildman–Crippen MR) is 110 cm³/mol. The number of halogens is 1. The molecule has 0 unspecified atom stereocenters. The lowest BCUT2D eigenvalue weighted by Crippen LogP contribution is -2.35. The lowest BCUT2D eigenvalue weighted by Gasteiger charge is -2.18. The summed E-state index contributed by atoms with van der Waals surface area (Å²) in [6, 6.07) is 9.92. The molecule has 0 saturated heterocycles. The van der Waals surface area contributed by atoms with Gasteiger partial charge < -0.3 is 10.1 Å². The van der Waals surface area contributed by atoms with Crippen molar-refractivity contribution in [2.45, 2.75) is 25.7 Å². The molecule has 2 aromatic rings. The van der Waals surface area contributed by atoms with Gasteiger partial charge in [0.1, 0.15) is 5.75 Å². The summed E-state index contributed by atoms with van der Waals surface area (Å²) in [7, 11) is -2.39. The fourth-order valence-electron chi connectivity index (χ4n) is 2.63. The highest BCUT2D eigenvalue weighted by Gasteiger charge is 2.23. The van der Waals surface area contributed by atoms with Gasteiger partial charge in [-0.15, -0.1) is 0 Å². The Labute approximate surface area is 168 Å². The molecule has 2 rings (SSSR count). The number of benzene rings is 2. The van der Waals surface area contributed by atoms with Gasteiger partial charge in [0, 0.05) is 17.2 Å². The Morgan fingerprint density at radius 2 is 1.70 bits per heavy atom. The molecule has 2 aromatic carbocycles. The van der Waals surface area contributed by atoms with Crippen molar-refractivity contribution in [1.29, 1.82) is 0 Å². The van der Waals surface area contributed by atoms with Crippen LogP contribution < -0.4 is 10.1 Å². The second-order valence-corrected chi connectivity index (χ2v) is 9.09. The van der Waals surface area contributed by atoms with Crippen LogP contribution in [0.15, 0.2) is 45.8 Å². The minimum atomic E-state index is -3.78. The number of carbonyl (C=O) groups excluding carboxylic acids is 1. The molecule has 0 atom stereocenters. The van der Waals surface area contributed by atoms with Crippen LogP contribution in [0.2, 0.25) is 0 Å². The van der Waals surface area contributed by atoms with Gasteiger partial charge in [0.05, 0.1) is 18.0 Å². The van der Waals surface area contributed by atoms with Crippen LogP contribution in [0.25, 0.3) is 0 Å². The van der Waals surface area contributed by atoms with Crippen LogP contribution in [0.3, 0.4) is 0 Å². The van der Waals surface area contributed by atoms with Crippen LogP contribution in [0.4, 0.5) is 5.69 Å². The molecule has 1 amide bonds. The predicted octanol–water partition coefficient (Wildman–Crippen LogP) is 3.72. The highest BCUT2D eigenvalue weighted by molar-refractivity contribution is 9.10. The summed E-state index contributed by atoms with van der Waals surface area (Å²) in [5, 5.41) is 2.80. The minimum Gasteiger partial charge on any atom is -0.494 e. The van der Waals surface area contributed by atoms with Crippen molar-refractivity contribution in [1.82, 2.24) is 4.31 Å². The molecule has 0 saturated carbocycles. The van der Waals surface area contributed by atoms with Gasteiger partial charge in [-0.2, -0.15) is 4.31 Å². The maximum absolute atomic E-state index is 12.7. The van der Waals surface area contributed by atoms with E-state index < -0.39 is 15.9 Å². The normalized spacial score (nSPS) is 11.5. The Morgan fingerprint density at radius 3 is 2.22 bits per heavy atom. The van der Waals surface area contributed by atoms with Crippen molar-refractivity contribution in [3.05, 3.63) is 52.0 Å². The van der Waals surface area contributed by atoms with Crippen molar-refractivity contribution in [3.8, 4) is 5.75 Å². The van der Waals surface area contributed by atoms with Gasteiger partial charge in [0.2, 0.25) is 15.9 Å². The van der Waals surface area contributed by atoms with E-state index in [0.717, 1.165) is 19.9 Å². The number of amides is 1. The van der Waals surface area contributed by atoms with Gasteiger partial charge >= 0.3 is 0 Å². The fraction of sp³-hybridized carbons (Fsp3) is 0.316. The molecule has 0 bridgehead atoms. The summed E-state index contributed by atoms with van der Waals surface area (Å²) in [5.74, 6) is 0.193. The molecule has 0 radical (unpaired) electrons. The van der Waals surface area contributed by atoms with Crippen molar-refractivity contribution in [3.63, 3.8) is 0 Å².